The van der Waals surface area contributed by atoms with Gasteiger partial charge in [-0.25, -0.2) is 0 Å². The number of rotatable bonds is 8. The van der Waals surface area contributed by atoms with Crippen LogP contribution in [0.3, 0.4) is 0 Å². The molecule has 0 fully saturated rings. The van der Waals surface area contributed by atoms with E-state index in [4.69, 9.17) is 8.83 Å². The summed E-state index contributed by atoms with van der Waals surface area (Å²) in [6.45, 7) is 6.71. The van der Waals surface area contributed by atoms with E-state index in [2.05, 4.69) is 255 Å². The van der Waals surface area contributed by atoms with Gasteiger partial charge in [0.15, 0.2) is 0 Å². The molecule has 0 amide bonds. The molecular weight excluding hydrogens is 889 g/mol. The van der Waals surface area contributed by atoms with Gasteiger partial charge in [0, 0.05) is 66.0 Å². The third kappa shape index (κ3) is 7.12. The number of benzene rings is 11. The van der Waals surface area contributed by atoms with Crippen LogP contribution in [0.4, 0.5) is 34.1 Å². The average molecular weight is 939 g/mol. The molecule has 1 aliphatic carbocycles. The quantitative estimate of drug-likeness (QED) is 0.142. The van der Waals surface area contributed by atoms with Crippen LogP contribution in [0, 0.1) is 19.8 Å². The number of aryl methyl sites for hydroxylation is 2. The van der Waals surface area contributed by atoms with E-state index in [1.807, 2.05) is 6.07 Å². The van der Waals surface area contributed by atoms with Gasteiger partial charge in [-0.05, 0) is 144 Å². The smallest absolute Gasteiger partial charge is 0.143 e. The maximum atomic E-state index is 6.69. The summed E-state index contributed by atoms with van der Waals surface area (Å²) < 4.78 is 13.3. The fraction of sp³-hybridized carbons (Fsp3) is 0.0725. The highest BCUT2D eigenvalue weighted by Crippen LogP contribution is 2.49. The summed E-state index contributed by atoms with van der Waals surface area (Å²) in [6, 6.07) is 81.7. The molecule has 0 N–H and O–H groups in total. The minimum absolute atomic E-state index is 0.367. The van der Waals surface area contributed by atoms with Crippen LogP contribution in [0.25, 0.3) is 88.0 Å². The van der Waals surface area contributed by atoms with Gasteiger partial charge in [0.2, 0.25) is 0 Å². The third-order valence-corrected chi connectivity index (χ3v) is 15.0. The third-order valence-electron chi connectivity index (χ3n) is 15.0. The summed E-state index contributed by atoms with van der Waals surface area (Å²) in [4.78, 5) is 4.90. The van der Waals surface area contributed by atoms with Gasteiger partial charge in [0.05, 0.1) is 11.4 Å². The van der Waals surface area contributed by atoms with E-state index in [0.717, 1.165) is 84.6 Å². The normalized spacial score (nSPS) is 13.6. The Morgan fingerprint density at radius 3 is 1.52 bits per heavy atom. The molecule has 0 saturated heterocycles. The number of hydrogen-bond acceptors (Lipinski definition) is 4. The summed E-state index contributed by atoms with van der Waals surface area (Å²) in [6.07, 6.45) is 3.28. The summed E-state index contributed by atoms with van der Waals surface area (Å²) >= 11 is 0. The highest BCUT2D eigenvalue weighted by atomic mass is 16.3. The molecule has 0 spiro atoms. The summed E-state index contributed by atoms with van der Waals surface area (Å²) in [5, 5.41) is 11.7. The summed E-state index contributed by atoms with van der Waals surface area (Å²) in [5.41, 5.74) is 17.2. The fourth-order valence-electron chi connectivity index (χ4n) is 11.7. The zero-order valence-electron chi connectivity index (χ0n) is 40.9. The molecular formula is C69H50N2O2. The van der Waals surface area contributed by atoms with Crippen molar-refractivity contribution in [1.29, 1.82) is 0 Å². The number of nitrogens with zero attached hydrogens (tertiary/aromatic N) is 2. The number of para-hydroxylation sites is 5. The first-order chi connectivity index (χ1) is 35.9. The first kappa shape index (κ1) is 42.7. The largest absolute Gasteiger partial charge is 0.456 e. The molecule has 13 aromatic rings. The van der Waals surface area contributed by atoms with Gasteiger partial charge in [-0.1, -0.05) is 164 Å². The van der Waals surface area contributed by atoms with Gasteiger partial charge >= 0.3 is 0 Å². The molecule has 1 aliphatic rings. The maximum absolute atomic E-state index is 6.69. The Bertz CT molecular complexity index is 4470. The minimum atomic E-state index is 0.367. The SMILES string of the molecule is Cc1ccc2c(c1)c(N(c1ccccc1)c1cccc(C3=c4oc5ccccc5c4=CC(C)C3)c1)cc1c3ccc(C)cc3c(N(c3ccccc3)c3cccc(-c4cccc5c4oc4ccccc45)c3)cc21. The van der Waals surface area contributed by atoms with Crippen molar-refractivity contribution in [3.63, 3.8) is 0 Å². The van der Waals surface area contributed by atoms with Gasteiger partial charge in [-0.15, -0.1) is 0 Å². The zero-order valence-corrected chi connectivity index (χ0v) is 40.9. The van der Waals surface area contributed by atoms with E-state index >= 15 is 0 Å². The Kier molecular flexibility index (Phi) is 9.97. The van der Waals surface area contributed by atoms with Crippen molar-refractivity contribution < 1.29 is 8.83 Å². The molecule has 4 heteroatoms. The van der Waals surface area contributed by atoms with Crippen LogP contribution in [0.1, 0.15) is 30.0 Å². The van der Waals surface area contributed by atoms with E-state index in [9.17, 15) is 0 Å². The van der Waals surface area contributed by atoms with E-state index in [1.165, 1.54) is 65.2 Å². The van der Waals surface area contributed by atoms with Crippen LogP contribution in [0.2, 0.25) is 0 Å². The Hall–Kier alpha value is -9.12. The fourth-order valence-corrected chi connectivity index (χ4v) is 11.7. The number of fused-ring (bicyclic) bond motifs is 11. The number of furan rings is 2. The predicted molar refractivity (Wildman–Crippen MR) is 307 cm³/mol. The van der Waals surface area contributed by atoms with Crippen molar-refractivity contribution >= 4 is 111 Å². The monoisotopic (exact) mass is 938 g/mol. The van der Waals surface area contributed by atoms with Crippen LogP contribution >= 0.6 is 0 Å². The molecule has 1 atom stereocenters. The van der Waals surface area contributed by atoms with Gasteiger partial charge < -0.3 is 18.6 Å². The Balaban J connectivity index is 0.998. The molecule has 0 radical (unpaired) electrons. The molecule has 0 saturated carbocycles. The Morgan fingerprint density at radius 2 is 0.890 bits per heavy atom. The lowest BCUT2D eigenvalue weighted by atomic mass is 9.90. The van der Waals surface area contributed by atoms with Crippen LogP contribution < -0.4 is 20.4 Å². The van der Waals surface area contributed by atoms with Crippen molar-refractivity contribution in [3.05, 3.63) is 252 Å². The standard InChI is InChI=1S/C69H50N2O2/c1-43-31-33-53-60-42-65(71(49-21-8-5-9-22-49)51-24-15-18-47(40-51)58-37-45(3)38-63-56-26-11-13-30-67(56)73-69(58)63)62-36-44(2)32-34-54(62)59(60)41-64(61(53)35-43)70(48-19-6-4-7-20-48)50-23-14-17-46(39-50)52-27-16-28-57-55-25-10-12-29-66(55)72-68(52)57/h4-36,38-42,45H,37H2,1-3H3. The topological polar surface area (TPSA) is 32.8 Å². The second-order valence-corrected chi connectivity index (χ2v) is 19.9. The lowest BCUT2D eigenvalue weighted by Crippen LogP contribution is -2.29. The Morgan fingerprint density at radius 1 is 0.384 bits per heavy atom. The van der Waals surface area contributed by atoms with Gasteiger partial charge in [-0.2, -0.15) is 0 Å². The molecule has 0 bridgehead atoms. The van der Waals surface area contributed by atoms with Crippen LogP contribution in [0.5, 0.6) is 0 Å². The van der Waals surface area contributed by atoms with Gasteiger partial charge in [-0.3, -0.25) is 0 Å². The van der Waals surface area contributed by atoms with Crippen molar-refractivity contribution in [3.8, 4) is 11.1 Å². The maximum Gasteiger partial charge on any atom is 0.143 e. The molecule has 73 heavy (non-hydrogen) atoms. The van der Waals surface area contributed by atoms with E-state index < -0.39 is 0 Å². The molecule has 0 aliphatic heterocycles. The molecule has 4 nitrogen and oxygen atoms in total. The van der Waals surface area contributed by atoms with Crippen molar-refractivity contribution in [2.45, 2.75) is 27.2 Å². The lowest BCUT2D eigenvalue weighted by Gasteiger charge is -2.30. The van der Waals surface area contributed by atoms with Crippen molar-refractivity contribution in [1.82, 2.24) is 0 Å². The highest BCUT2D eigenvalue weighted by molar-refractivity contribution is 6.25. The average Bonchev–Trinajstić information content (AvgIpc) is 4.00. The van der Waals surface area contributed by atoms with E-state index in [-0.39, 0.29) is 0 Å². The van der Waals surface area contributed by atoms with Gasteiger partial charge in [0.25, 0.3) is 0 Å². The molecule has 2 heterocycles. The van der Waals surface area contributed by atoms with E-state index in [1.54, 1.807) is 0 Å². The van der Waals surface area contributed by atoms with Crippen LogP contribution in [-0.2, 0) is 0 Å². The minimum Gasteiger partial charge on any atom is -0.456 e. The second-order valence-electron chi connectivity index (χ2n) is 19.9. The first-order valence-corrected chi connectivity index (χ1v) is 25.4. The molecule has 1 unspecified atom stereocenters. The molecule has 2 aromatic heterocycles. The zero-order chi connectivity index (χ0) is 48.7. The van der Waals surface area contributed by atoms with Crippen LogP contribution in [-0.4, -0.2) is 0 Å². The number of hydrogen-bond donors (Lipinski definition) is 0. The number of anilines is 6. The molecule has 11 aromatic carbocycles. The summed E-state index contributed by atoms with van der Waals surface area (Å²) in [5.74, 6) is 0.367. The van der Waals surface area contributed by atoms with Gasteiger partial charge in [0.1, 0.15) is 22.2 Å². The lowest BCUT2D eigenvalue weighted by molar-refractivity contribution is 0.563. The van der Waals surface area contributed by atoms with Crippen LogP contribution in [0.15, 0.2) is 233 Å². The molecule has 14 rings (SSSR count). The predicted octanol–water partition coefficient (Wildman–Crippen LogP) is 18.0. The first-order valence-electron chi connectivity index (χ1n) is 25.4. The second kappa shape index (κ2) is 17.0. The molecule has 348 valence electrons. The Labute approximate surface area is 423 Å². The highest BCUT2D eigenvalue weighted by Gasteiger charge is 2.25. The summed E-state index contributed by atoms with van der Waals surface area (Å²) in [7, 11) is 0. The van der Waals surface area contributed by atoms with E-state index in [0.29, 0.717) is 5.92 Å². The van der Waals surface area contributed by atoms with Crippen molar-refractivity contribution in [2.24, 2.45) is 5.92 Å². The van der Waals surface area contributed by atoms with Crippen molar-refractivity contribution in [2.75, 3.05) is 9.80 Å².